The fourth-order valence-corrected chi connectivity index (χ4v) is 4.28. The molecule has 0 spiro atoms. The largest absolute Gasteiger partial charge is 0.493 e. The van der Waals surface area contributed by atoms with Crippen LogP contribution < -0.4 is 15.2 Å². The minimum absolute atomic E-state index is 0. The van der Waals surface area contributed by atoms with E-state index in [2.05, 4.69) is 11.0 Å². The average molecular weight is 369 g/mol. The van der Waals surface area contributed by atoms with Crippen LogP contribution in [0.4, 0.5) is 0 Å². The van der Waals surface area contributed by atoms with Crippen molar-refractivity contribution in [2.24, 2.45) is 5.73 Å². The van der Waals surface area contributed by atoms with Crippen LogP contribution in [0.5, 0.6) is 11.5 Å². The van der Waals surface area contributed by atoms with Gasteiger partial charge in [-0.2, -0.15) is 0 Å². The third-order valence-corrected chi connectivity index (χ3v) is 5.38. The Hall–Kier alpha value is -1.46. The molecule has 140 valence electrons. The number of carbonyl (C=O) groups is 1. The number of amides is 1. The summed E-state index contributed by atoms with van der Waals surface area (Å²) in [5, 5.41) is 0. The van der Waals surface area contributed by atoms with E-state index < -0.39 is 0 Å². The van der Waals surface area contributed by atoms with E-state index >= 15 is 0 Å². The lowest BCUT2D eigenvalue weighted by Gasteiger charge is -2.35. The second-order valence-corrected chi connectivity index (χ2v) is 6.78. The number of methoxy groups -OCH3 is 2. The van der Waals surface area contributed by atoms with Gasteiger partial charge in [-0.1, -0.05) is 6.42 Å². The zero-order valence-electron chi connectivity index (χ0n) is 15.2. The molecule has 6 heteroatoms. The number of nitrogens with two attached hydrogens (primary N) is 1. The number of ether oxygens (including phenoxy) is 2. The highest BCUT2D eigenvalue weighted by atomic mass is 35.5. The number of unbranched alkanes of at least 4 members (excludes halogenated alkanes) is 2. The van der Waals surface area contributed by atoms with E-state index in [0.29, 0.717) is 12.5 Å². The lowest BCUT2D eigenvalue weighted by Crippen LogP contribution is -2.35. The van der Waals surface area contributed by atoms with Gasteiger partial charge in [0.05, 0.1) is 14.2 Å². The minimum Gasteiger partial charge on any atom is -0.493 e. The topological polar surface area (TPSA) is 64.8 Å². The Balaban J connectivity index is 0.00000225. The van der Waals surface area contributed by atoms with Crippen LogP contribution in [-0.4, -0.2) is 38.1 Å². The first-order valence-corrected chi connectivity index (χ1v) is 8.94. The molecular formula is C19H29ClN2O3. The van der Waals surface area contributed by atoms with Crippen molar-refractivity contribution in [1.82, 2.24) is 4.90 Å². The monoisotopic (exact) mass is 368 g/mol. The van der Waals surface area contributed by atoms with Crippen LogP contribution in [0.25, 0.3) is 0 Å². The van der Waals surface area contributed by atoms with Crippen LogP contribution in [0.2, 0.25) is 0 Å². The molecule has 1 heterocycles. The third kappa shape index (κ3) is 4.04. The molecule has 1 aromatic carbocycles. The van der Waals surface area contributed by atoms with Gasteiger partial charge in [0.1, 0.15) is 0 Å². The number of primary amides is 1. The quantitative estimate of drug-likeness (QED) is 0.716. The summed E-state index contributed by atoms with van der Waals surface area (Å²) in [6, 6.07) is 2.68. The van der Waals surface area contributed by atoms with Crippen molar-refractivity contribution in [3.63, 3.8) is 0 Å². The Morgan fingerprint density at radius 2 is 2.04 bits per heavy atom. The summed E-state index contributed by atoms with van der Waals surface area (Å²) in [5.41, 5.74) is 9.45. The Bertz CT molecular complexity index is 621. The van der Waals surface area contributed by atoms with E-state index in [1.165, 1.54) is 16.7 Å². The van der Waals surface area contributed by atoms with E-state index in [9.17, 15) is 4.79 Å². The van der Waals surface area contributed by atoms with Crippen molar-refractivity contribution in [2.75, 3.05) is 27.3 Å². The Morgan fingerprint density at radius 1 is 1.24 bits per heavy atom. The van der Waals surface area contributed by atoms with Gasteiger partial charge in [0.2, 0.25) is 5.91 Å². The smallest absolute Gasteiger partial charge is 0.217 e. The van der Waals surface area contributed by atoms with Crippen LogP contribution in [0.1, 0.15) is 54.8 Å². The maximum atomic E-state index is 10.8. The van der Waals surface area contributed by atoms with Gasteiger partial charge >= 0.3 is 0 Å². The maximum Gasteiger partial charge on any atom is 0.217 e. The first-order chi connectivity index (χ1) is 11.7. The zero-order chi connectivity index (χ0) is 17.1. The molecule has 2 aliphatic rings. The summed E-state index contributed by atoms with van der Waals surface area (Å²) < 4.78 is 11.2. The van der Waals surface area contributed by atoms with Gasteiger partial charge in [-0.15, -0.1) is 12.4 Å². The summed E-state index contributed by atoms with van der Waals surface area (Å²) >= 11 is 0. The number of nitrogens with zero attached hydrogens (tertiary/aromatic N) is 1. The highest BCUT2D eigenvalue weighted by molar-refractivity contribution is 5.85. The molecule has 0 saturated heterocycles. The van der Waals surface area contributed by atoms with Crippen LogP contribution >= 0.6 is 12.4 Å². The Kier molecular flexibility index (Phi) is 6.96. The van der Waals surface area contributed by atoms with Crippen LogP contribution in [0.15, 0.2) is 6.07 Å². The van der Waals surface area contributed by atoms with Crippen LogP contribution in [0, 0.1) is 0 Å². The minimum atomic E-state index is -0.191. The molecule has 0 saturated carbocycles. The molecule has 0 fully saturated rings. The molecule has 5 nitrogen and oxygen atoms in total. The van der Waals surface area contributed by atoms with Gasteiger partial charge < -0.3 is 15.2 Å². The van der Waals surface area contributed by atoms with Gasteiger partial charge in [0.15, 0.2) is 11.5 Å². The van der Waals surface area contributed by atoms with Gasteiger partial charge in [0, 0.05) is 24.6 Å². The molecule has 0 aromatic heterocycles. The van der Waals surface area contributed by atoms with Crippen LogP contribution in [-0.2, 0) is 17.6 Å². The molecule has 1 aliphatic carbocycles. The number of hydrogen-bond acceptors (Lipinski definition) is 4. The number of hydrogen-bond donors (Lipinski definition) is 1. The molecular weight excluding hydrogens is 340 g/mol. The molecule has 0 radical (unpaired) electrons. The van der Waals surface area contributed by atoms with Crippen molar-refractivity contribution in [2.45, 2.75) is 51.0 Å². The van der Waals surface area contributed by atoms with Gasteiger partial charge in [0.25, 0.3) is 0 Å². The molecule has 1 aliphatic heterocycles. The van der Waals surface area contributed by atoms with Crippen molar-refractivity contribution in [3.05, 3.63) is 22.8 Å². The molecule has 2 N–H and O–H groups in total. The molecule has 1 amide bonds. The predicted molar refractivity (Wildman–Crippen MR) is 101 cm³/mol. The fraction of sp³-hybridized carbons (Fsp3) is 0.632. The number of rotatable bonds is 8. The zero-order valence-corrected chi connectivity index (χ0v) is 16.0. The summed E-state index contributed by atoms with van der Waals surface area (Å²) in [7, 11) is 3.44. The lowest BCUT2D eigenvalue weighted by molar-refractivity contribution is -0.118. The standard InChI is InChI=1S/C19H28N2O3.ClH/c1-23-16-12-13-9-11-21(10-5-3-4-6-17(20)22)15-8-7-14(18(13)15)19(16)24-2;/h12,15H,3-11H2,1-2H3,(H2,20,22);1H. The Morgan fingerprint density at radius 3 is 2.72 bits per heavy atom. The highest BCUT2D eigenvalue weighted by Crippen LogP contribution is 2.48. The normalized spacial score (nSPS) is 18.4. The molecule has 3 rings (SSSR count). The molecule has 1 aromatic rings. The summed E-state index contributed by atoms with van der Waals surface area (Å²) in [6.45, 7) is 2.19. The van der Waals surface area contributed by atoms with Crippen molar-refractivity contribution >= 4 is 18.3 Å². The molecule has 1 unspecified atom stereocenters. The SMILES string of the molecule is COc1cc2c3c(c1OC)CCC3N(CCCCCC(N)=O)CC2.Cl. The van der Waals surface area contributed by atoms with E-state index in [4.69, 9.17) is 15.2 Å². The Labute approximate surface area is 156 Å². The average Bonchev–Trinajstić information content (AvgIpc) is 3.02. The lowest BCUT2D eigenvalue weighted by atomic mass is 9.92. The van der Waals surface area contributed by atoms with Crippen LogP contribution in [0.3, 0.4) is 0 Å². The second-order valence-electron chi connectivity index (χ2n) is 6.78. The van der Waals surface area contributed by atoms with Crippen molar-refractivity contribution in [3.8, 4) is 11.5 Å². The summed E-state index contributed by atoms with van der Waals surface area (Å²) in [4.78, 5) is 13.4. The van der Waals surface area contributed by atoms with Crippen molar-refractivity contribution < 1.29 is 14.3 Å². The molecule has 25 heavy (non-hydrogen) atoms. The maximum absolute atomic E-state index is 10.8. The third-order valence-electron chi connectivity index (χ3n) is 5.38. The fourth-order valence-electron chi connectivity index (χ4n) is 4.28. The highest BCUT2D eigenvalue weighted by Gasteiger charge is 2.36. The van der Waals surface area contributed by atoms with Gasteiger partial charge in [-0.25, -0.2) is 0 Å². The van der Waals surface area contributed by atoms with E-state index in [1.54, 1.807) is 14.2 Å². The molecule has 1 atom stereocenters. The predicted octanol–water partition coefficient (Wildman–Crippen LogP) is 3.02. The first-order valence-electron chi connectivity index (χ1n) is 8.94. The number of halogens is 1. The molecule has 0 bridgehead atoms. The van der Waals surface area contributed by atoms with Crippen molar-refractivity contribution in [1.29, 1.82) is 0 Å². The second kappa shape index (κ2) is 8.77. The van der Waals surface area contributed by atoms with E-state index in [-0.39, 0.29) is 18.3 Å². The first kappa shape index (κ1) is 19.9. The van der Waals surface area contributed by atoms with E-state index in [0.717, 1.165) is 63.1 Å². The van der Waals surface area contributed by atoms with Gasteiger partial charge in [-0.3, -0.25) is 9.69 Å². The summed E-state index contributed by atoms with van der Waals surface area (Å²) in [5.74, 6) is 1.59. The van der Waals surface area contributed by atoms with Gasteiger partial charge in [-0.05, 0) is 55.8 Å². The number of benzene rings is 1. The summed E-state index contributed by atoms with van der Waals surface area (Å²) in [6.07, 6.45) is 6.90. The number of carbonyl (C=O) groups excluding carboxylic acids is 1. The van der Waals surface area contributed by atoms with E-state index in [1.807, 2.05) is 0 Å².